The molecule has 0 amide bonds. The van der Waals surface area contributed by atoms with Gasteiger partial charge >= 0.3 is 5.97 Å². The Labute approximate surface area is 140 Å². The Morgan fingerprint density at radius 2 is 1.75 bits per heavy atom. The summed E-state index contributed by atoms with van der Waals surface area (Å²) in [5, 5.41) is 8.80. The van der Waals surface area contributed by atoms with Crippen molar-refractivity contribution in [3.63, 3.8) is 0 Å². The standard InChI is InChI=1S/C16H19N3O4S/c17-10-12-3-1-2-4-15(12)24(22,23)19-13-7-5-11(6-8-13)9-14(18)16(20)21/h1-8,14,19H,9-10,17-18H2,(H,20,21). The minimum Gasteiger partial charge on any atom is -0.480 e. The van der Waals surface area contributed by atoms with Crippen molar-refractivity contribution in [2.24, 2.45) is 11.5 Å². The van der Waals surface area contributed by atoms with Gasteiger partial charge in [-0.2, -0.15) is 0 Å². The predicted molar refractivity (Wildman–Crippen MR) is 90.9 cm³/mol. The van der Waals surface area contributed by atoms with Gasteiger partial charge in [-0.05, 0) is 35.7 Å². The molecule has 24 heavy (non-hydrogen) atoms. The van der Waals surface area contributed by atoms with Crippen LogP contribution in [0.15, 0.2) is 53.4 Å². The molecule has 0 heterocycles. The number of anilines is 1. The summed E-state index contributed by atoms with van der Waals surface area (Å²) in [7, 11) is -3.75. The normalized spacial score (nSPS) is 12.6. The lowest BCUT2D eigenvalue weighted by Gasteiger charge is -2.12. The average Bonchev–Trinajstić information content (AvgIpc) is 2.56. The third-order valence-corrected chi connectivity index (χ3v) is 4.94. The summed E-state index contributed by atoms with van der Waals surface area (Å²) in [4.78, 5) is 10.9. The van der Waals surface area contributed by atoms with E-state index >= 15 is 0 Å². The number of carboxylic acids is 1. The minimum atomic E-state index is -3.75. The Morgan fingerprint density at radius 3 is 2.33 bits per heavy atom. The van der Waals surface area contributed by atoms with E-state index in [1.165, 1.54) is 6.07 Å². The van der Waals surface area contributed by atoms with Crippen LogP contribution in [0.5, 0.6) is 0 Å². The third kappa shape index (κ3) is 4.31. The summed E-state index contributed by atoms with van der Waals surface area (Å²) in [6.45, 7) is 0.114. The van der Waals surface area contributed by atoms with Gasteiger partial charge in [0.1, 0.15) is 6.04 Å². The van der Waals surface area contributed by atoms with Crippen LogP contribution in [0.25, 0.3) is 0 Å². The highest BCUT2D eigenvalue weighted by atomic mass is 32.2. The van der Waals surface area contributed by atoms with Crippen molar-refractivity contribution in [3.8, 4) is 0 Å². The number of nitrogens with two attached hydrogens (primary N) is 2. The molecule has 128 valence electrons. The second kappa shape index (κ2) is 7.43. The Hall–Kier alpha value is -2.42. The summed E-state index contributed by atoms with van der Waals surface area (Å²) in [5.74, 6) is -1.09. The van der Waals surface area contributed by atoms with Crippen molar-refractivity contribution in [1.29, 1.82) is 0 Å². The summed E-state index contributed by atoms with van der Waals surface area (Å²) in [6, 6.07) is 11.9. The monoisotopic (exact) mass is 349 g/mol. The van der Waals surface area contributed by atoms with Crippen molar-refractivity contribution in [2.45, 2.75) is 23.9 Å². The fourth-order valence-corrected chi connectivity index (χ4v) is 3.51. The lowest BCUT2D eigenvalue weighted by molar-refractivity contribution is -0.138. The molecule has 0 aliphatic carbocycles. The maximum atomic E-state index is 12.5. The molecular weight excluding hydrogens is 330 g/mol. The van der Waals surface area contributed by atoms with E-state index in [-0.39, 0.29) is 17.9 Å². The molecule has 2 aromatic carbocycles. The van der Waals surface area contributed by atoms with Crippen LogP contribution in [0.4, 0.5) is 5.69 Å². The van der Waals surface area contributed by atoms with Gasteiger partial charge in [0.2, 0.25) is 0 Å². The zero-order valence-corrected chi connectivity index (χ0v) is 13.7. The van der Waals surface area contributed by atoms with E-state index in [0.717, 1.165) is 0 Å². The van der Waals surface area contributed by atoms with Crippen LogP contribution in [0, 0.1) is 0 Å². The quantitative estimate of drug-likeness (QED) is 0.586. The maximum absolute atomic E-state index is 12.5. The summed E-state index contributed by atoms with van der Waals surface area (Å²) < 4.78 is 27.4. The molecule has 0 aliphatic rings. The maximum Gasteiger partial charge on any atom is 0.320 e. The molecule has 0 saturated carbocycles. The SMILES string of the molecule is NCc1ccccc1S(=O)(=O)Nc1ccc(CC(N)C(=O)O)cc1. The fraction of sp³-hybridized carbons (Fsp3) is 0.188. The Kier molecular flexibility index (Phi) is 5.55. The lowest BCUT2D eigenvalue weighted by atomic mass is 10.1. The first-order chi connectivity index (χ1) is 11.3. The first-order valence-electron chi connectivity index (χ1n) is 7.21. The highest BCUT2D eigenvalue weighted by Gasteiger charge is 2.18. The largest absolute Gasteiger partial charge is 0.480 e. The van der Waals surface area contributed by atoms with Gasteiger partial charge in [-0.1, -0.05) is 30.3 Å². The first kappa shape index (κ1) is 17.9. The summed E-state index contributed by atoms with van der Waals surface area (Å²) >= 11 is 0. The first-order valence-corrected chi connectivity index (χ1v) is 8.70. The second-order valence-electron chi connectivity index (χ2n) is 5.26. The Balaban J connectivity index is 2.17. The fourth-order valence-electron chi connectivity index (χ4n) is 2.19. The number of aliphatic carboxylic acids is 1. The smallest absolute Gasteiger partial charge is 0.320 e. The molecule has 7 nitrogen and oxygen atoms in total. The Morgan fingerprint density at radius 1 is 1.12 bits per heavy atom. The van der Waals surface area contributed by atoms with Gasteiger partial charge in [0.25, 0.3) is 10.0 Å². The minimum absolute atomic E-state index is 0.114. The highest BCUT2D eigenvalue weighted by Crippen LogP contribution is 2.20. The second-order valence-corrected chi connectivity index (χ2v) is 6.91. The third-order valence-electron chi connectivity index (χ3n) is 3.46. The molecule has 1 unspecified atom stereocenters. The molecule has 0 saturated heterocycles. The summed E-state index contributed by atoms with van der Waals surface area (Å²) in [6.07, 6.45) is 0.165. The van der Waals surface area contributed by atoms with E-state index in [1.54, 1.807) is 42.5 Å². The van der Waals surface area contributed by atoms with Crippen LogP contribution in [-0.4, -0.2) is 25.5 Å². The molecule has 0 aliphatic heterocycles. The van der Waals surface area contributed by atoms with Gasteiger partial charge in [-0.15, -0.1) is 0 Å². The number of rotatable bonds is 7. The lowest BCUT2D eigenvalue weighted by Crippen LogP contribution is -2.32. The Bertz CT molecular complexity index is 819. The number of benzene rings is 2. The molecule has 2 rings (SSSR count). The van der Waals surface area contributed by atoms with Crippen LogP contribution in [0.1, 0.15) is 11.1 Å². The van der Waals surface area contributed by atoms with Crippen LogP contribution in [0.2, 0.25) is 0 Å². The number of carbonyl (C=O) groups is 1. The van der Waals surface area contributed by atoms with Crippen molar-refractivity contribution in [3.05, 3.63) is 59.7 Å². The van der Waals surface area contributed by atoms with E-state index in [1.807, 2.05) is 0 Å². The van der Waals surface area contributed by atoms with Gasteiger partial charge < -0.3 is 16.6 Å². The van der Waals surface area contributed by atoms with Crippen molar-refractivity contribution >= 4 is 21.7 Å². The number of carboxylic acid groups (broad SMARTS) is 1. The molecule has 1 atom stereocenters. The highest BCUT2D eigenvalue weighted by molar-refractivity contribution is 7.92. The zero-order valence-electron chi connectivity index (χ0n) is 12.8. The number of nitrogens with one attached hydrogen (secondary N) is 1. The van der Waals surface area contributed by atoms with Gasteiger partial charge in [0, 0.05) is 12.2 Å². The van der Waals surface area contributed by atoms with Gasteiger partial charge in [0.05, 0.1) is 4.90 Å². The predicted octanol–water partition coefficient (Wildman–Crippen LogP) is 0.901. The molecule has 0 bridgehead atoms. The molecule has 2 aromatic rings. The van der Waals surface area contributed by atoms with Crippen LogP contribution >= 0.6 is 0 Å². The van der Waals surface area contributed by atoms with Gasteiger partial charge in [0.15, 0.2) is 0 Å². The number of sulfonamides is 1. The van der Waals surface area contributed by atoms with E-state index in [2.05, 4.69) is 4.72 Å². The van der Waals surface area contributed by atoms with E-state index in [0.29, 0.717) is 16.8 Å². The molecule has 0 fully saturated rings. The molecule has 0 radical (unpaired) electrons. The van der Waals surface area contributed by atoms with Crippen molar-refractivity contribution in [2.75, 3.05) is 4.72 Å². The molecule has 0 spiro atoms. The van der Waals surface area contributed by atoms with Crippen molar-refractivity contribution < 1.29 is 18.3 Å². The number of hydrogen-bond acceptors (Lipinski definition) is 5. The van der Waals surface area contributed by atoms with Crippen LogP contribution < -0.4 is 16.2 Å². The topological polar surface area (TPSA) is 136 Å². The van der Waals surface area contributed by atoms with Gasteiger partial charge in [-0.3, -0.25) is 9.52 Å². The van der Waals surface area contributed by atoms with E-state index in [9.17, 15) is 13.2 Å². The molecular formula is C16H19N3O4S. The molecule has 6 N–H and O–H groups in total. The van der Waals surface area contributed by atoms with E-state index in [4.69, 9.17) is 16.6 Å². The molecule has 0 aromatic heterocycles. The number of hydrogen-bond donors (Lipinski definition) is 4. The molecule has 8 heteroatoms. The van der Waals surface area contributed by atoms with Crippen LogP contribution in [-0.2, 0) is 27.8 Å². The van der Waals surface area contributed by atoms with E-state index < -0.39 is 22.0 Å². The average molecular weight is 349 g/mol. The zero-order chi connectivity index (χ0) is 17.7. The van der Waals surface area contributed by atoms with Gasteiger partial charge in [-0.25, -0.2) is 8.42 Å². The van der Waals surface area contributed by atoms with Crippen molar-refractivity contribution in [1.82, 2.24) is 0 Å². The van der Waals surface area contributed by atoms with Crippen LogP contribution in [0.3, 0.4) is 0 Å². The summed E-state index contributed by atoms with van der Waals surface area (Å²) in [5.41, 5.74) is 12.6.